The number of ketones is 1. The van der Waals surface area contributed by atoms with Crippen LogP contribution in [0.3, 0.4) is 0 Å². The Bertz CT molecular complexity index is 374. The van der Waals surface area contributed by atoms with E-state index in [1.165, 1.54) is 0 Å². The van der Waals surface area contributed by atoms with Gasteiger partial charge in [0.15, 0.2) is 5.78 Å². The highest BCUT2D eigenvalue weighted by Gasteiger charge is 2.38. The molecule has 0 fully saturated rings. The number of aliphatic hydroxyl groups is 1. The van der Waals surface area contributed by atoms with Crippen LogP contribution in [0.5, 0.6) is 0 Å². The molecule has 1 N–H and O–H groups in total. The Morgan fingerprint density at radius 2 is 2.21 bits per heavy atom. The quantitative estimate of drug-likeness (QED) is 0.632. The lowest BCUT2D eigenvalue weighted by Gasteiger charge is -2.36. The normalized spacial score (nSPS) is 36.2. The summed E-state index contributed by atoms with van der Waals surface area (Å²) >= 11 is 0. The summed E-state index contributed by atoms with van der Waals surface area (Å²) in [6.07, 6.45) is 7.60. The molecule has 2 nitrogen and oxygen atoms in total. The minimum absolute atomic E-state index is 0.127. The van der Waals surface area contributed by atoms with Gasteiger partial charge in [-0.3, -0.25) is 4.79 Å². The lowest BCUT2D eigenvalue weighted by atomic mass is 9.68. The van der Waals surface area contributed by atoms with E-state index in [0.29, 0.717) is 12.0 Å². The Labute approximate surface area is 83.6 Å². The van der Waals surface area contributed by atoms with Gasteiger partial charge in [0.05, 0.1) is 0 Å². The predicted octanol–water partition coefficient (Wildman–Crippen LogP) is 1.77. The molecule has 2 aliphatic rings. The minimum atomic E-state index is -0.833. The zero-order chi connectivity index (χ0) is 10.3. The van der Waals surface area contributed by atoms with Crippen LogP contribution in [-0.4, -0.2) is 17.0 Å². The molecular weight excluding hydrogens is 176 g/mol. The van der Waals surface area contributed by atoms with Gasteiger partial charge >= 0.3 is 0 Å². The molecule has 0 saturated carbocycles. The molecule has 2 aliphatic carbocycles. The number of hydrogen-bond donors (Lipinski definition) is 1. The van der Waals surface area contributed by atoms with E-state index in [0.717, 1.165) is 5.57 Å². The molecule has 0 aromatic carbocycles. The third kappa shape index (κ3) is 1.18. The van der Waals surface area contributed by atoms with Crippen molar-refractivity contribution in [2.24, 2.45) is 5.41 Å². The number of carbonyl (C=O) groups excluding carboxylic acids is 1. The van der Waals surface area contributed by atoms with Crippen LogP contribution in [0.1, 0.15) is 20.3 Å². The summed E-state index contributed by atoms with van der Waals surface area (Å²) in [7, 11) is 0. The number of hydrogen-bond acceptors (Lipinski definition) is 2. The van der Waals surface area contributed by atoms with Gasteiger partial charge in [-0.05, 0) is 24.5 Å². The maximum atomic E-state index is 11.6. The van der Waals surface area contributed by atoms with E-state index >= 15 is 0 Å². The third-order valence-electron chi connectivity index (χ3n) is 3.15. The molecule has 2 heteroatoms. The molecule has 74 valence electrons. The summed E-state index contributed by atoms with van der Waals surface area (Å²) in [5.74, 6) is -0.127. The van der Waals surface area contributed by atoms with Crippen LogP contribution in [0.2, 0.25) is 0 Å². The van der Waals surface area contributed by atoms with Gasteiger partial charge < -0.3 is 5.11 Å². The fourth-order valence-corrected chi connectivity index (χ4v) is 2.31. The second-order valence-electron chi connectivity index (χ2n) is 4.26. The van der Waals surface area contributed by atoms with Crippen molar-refractivity contribution in [2.75, 3.05) is 0 Å². The maximum absolute atomic E-state index is 11.6. The molecule has 0 heterocycles. The predicted molar refractivity (Wildman–Crippen MR) is 54.7 cm³/mol. The van der Waals surface area contributed by atoms with Gasteiger partial charge in [0.1, 0.15) is 6.10 Å². The summed E-state index contributed by atoms with van der Waals surface area (Å²) in [6.45, 7) is 3.85. The van der Waals surface area contributed by atoms with Crippen LogP contribution in [0.15, 0.2) is 35.5 Å². The lowest BCUT2D eigenvalue weighted by Crippen LogP contribution is -2.36. The molecule has 0 aromatic rings. The van der Waals surface area contributed by atoms with E-state index in [1.807, 2.05) is 18.2 Å². The average Bonchev–Trinajstić information content (AvgIpc) is 2.14. The largest absolute Gasteiger partial charge is 0.385 e. The standard InChI is InChI=1S/C12H14O2/c1-8-9-5-3-4-6-12(9,2)7-10(13)11(8)14/h3-6,10,13H,7H2,1-2H3. The van der Waals surface area contributed by atoms with Crippen molar-refractivity contribution in [3.63, 3.8) is 0 Å². The lowest BCUT2D eigenvalue weighted by molar-refractivity contribution is -0.125. The number of Topliss-reactive ketones (excluding diaryl/α,β-unsaturated/α-hetero) is 1. The van der Waals surface area contributed by atoms with Gasteiger partial charge in [0.2, 0.25) is 0 Å². The monoisotopic (exact) mass is 190 g/mol. The highest BCUT2D eigenvalue weighted by molar-refractivity contribution is 6.00. The van der Waals surface area contributed by atoms with Crippen LogP contribution in [0, 0.1) is 5.41 Å². The van der Waals surface area contributed by atoms with Crippen molar-refractivity contribution in [1.29, 1.82) is 0 Å². The van der Waals surface area contributed by atoms with E-state index in [9.17, 15) is 9.90 Å². The van der Waals surface area contributed by atoms with Gasteiger partial charge in [-0.2, -0.15) is 0 Å². The first-order valence-electron chi connectivity index (χ1n) is 4.84. The smallest absolute Gasteiger partial charge is 0.187 e. The fraction of sp³-hybridized carbons (Fsp3) is 0.417. The Hall–Kier alpha value is -1.15. The molecule has 0 aromatic heterocycles. The van der Waals surface area contributed by atoms with Gasteiger partial charge in [0, 0.05) is 5.41 Å². The first kappa shape index (κ1) is 9.41. The van der Waals surface area contributed by atoms with Gasteiger partial charge in [-0.1, -0.05) is 31.2 Å². The number of aliphatic hydroxyl groups excluding tert-OH is 1. The van der Waals surface area contributed by atoms with E-state index < -0.39 is 6.10 Å². The summed E-state index contributed by atoms with van der Waals surface area (Å²) < 4.78 is 0. The van der Waals surface area contributed by atoms with Crippen molar-refractivity contribution in [3.8, 4) is 0 Å². The van der Waals surface area contributed by atoms with Crippen molar-refractivity contribution in [2.45, 2.75) is 26.4 Å². The van der Waals surface area contributed by atoms with Crippen molar-refractivity contribution in [3.05, 3.63) is 35.5 Å². The van der Waals surface area contributed by atoms with Crippen LogP contribution >= 0.6 is 0 Å². The third-order valence-corrected chi connectivity index (χ3v) is 3.15. The maximum Gasteiger partial charge on any atom is 0.187 e. The van der Waals surface area contributed by atoms with Crippen LogP contribution in [-0.2, 0) is 4.79 Å². The van der Waals surface area contributed by atoms with Gasteiger partial charge in [-0.15, -0.1) is 0 Å². The molecular formula is C12H14O2. The second kappa shape index (κ2) is 2.92. The fourth-order valence-electron chi connectivity index (χ4n) is 2.31. The highest BCUT2D eigenvalue weighted by Crippen LogP contribution is 2.42. The second-order valence-corrected chi connectivity index (χ2v) is 4.26. The zero-order valence-corrected chi connectivity index (χ0v) is 8.45. The van der Waals surface area contributed by atoms with Gasteiger partial charge in [0.25, 0.3) is 0 Å². The summed E-state index contributed by atoms with van der Waals surface area (Å²) in [5, 5.41) is 9.61. The number of carbonyl (C=O) groups is 1. The van der Waals surface area contributed by atoms with Crippen molar-refractivity contribution in [1.82, 2.24) is 0 Å². The summed E-state index contributed by atoms with van der Waals surface area (Å²) in [4.78, 5) is 11.6. The van der Waals surface area contributed by atoms with Crippen LogP contribution in [0.25, 0.3) is 0 Å². The Kier molecular flexibility index (Phi) is 1.96. The van der Waals surface area contributed by atoms with E-state index in [2.05, 4.69) is 13.0 Å². The van der Waals surface area contributed by atoms with Crippen LogP contribution < -0.4 is 0 Å². The topological polar surface area (TPSA) is 37.3 Å². The highest BCUT2D eigenvalue weighted by atomic mass is 16.3. The van der Waals surface area contributed by atoms with Crippen molar-refractivity contribution < 1.29 is 9.90 Å². The minimum Gasteiger partial charge on any atom is -0.385 e. The number of fused-ring (bicyclic) bond motifs is 1. The van der Waals surface area contributed by atoms with Crippen molar-refractivity contribution >= 4 is 5.78 Å². The summed E-state index contributed by atoms with van der Waals surface area (Å²) in [6, 6.07) is 0. The molecule has 14 heavy (non-hydrogen) atoms. The van der Waals surface area contributed by atoms with E-state index in [-0.39, 0.29) is 11.2 Å². The average molecular weight is 190 g/mol. The SMILES string of the molecule is CC1=C2C=CC=CC2(C)CC(O)C1=O. The summed E-state index contributed by atoms with van der Waals surface area (Å²) in [5.41, 5.74) is 1.59. The zero-order valence-electron chi connectivity index (χ0n) is 8.45. The Morgan fingerprint density at radius 1 is 1.50 bits per heavy atom. The molecule has 0 spiro atoms. The molecule has 0 saturated heterocycles. The molecule has 2 atom stereocenters. The molecule has 0 amide bonds. The van der Waals surface area contributed by atoms with Crippen LogP contribution in [0.4, 0.5) is 0 Å². The first-order valence-corrected chi connectivity index (χ1v) is 4.84. The van der Waals surface area contributed by atoms with E-state index in [4.69, 9.17) is 0 Å². The molecule has 2 unspecified atom stereocenters. The molecule has 2 rings (SSSR count). The number of rotatable bonds is 0. The first-order chi connectivity index (χ1) is 6.54. The molecule has 0 aliphatic heterocycles. The Balaban J connectivity index is 2.56. The van der Waals surface area contributed by atoms with Gasteiger partial charge in [-0.25, -0.2) is 0 Å². The Morgan fingerprint density at radius 3 is 2.93 bits per heavy atom. The number of allylic oxidation sites excluding steroid dienone is 5. The molecule has 0 bridgehead atoms. The van der Waals surface area contributed by atoms with E-state index in [1.54, 1.807) is 6.92 Å². The molecule has 0 radical (unpaired) electrons.